The Hall–Kier alpha value is -2.21. The molecule has 2 aromatic carbocycles. The Morgan fingerprint density at radius 2 is 1.82 bits per heavy atom. The van der Waals surface area contributed by atoms with E-state index in [1.807, 2.05) is 0 Å². The fourth-order valence-electron chi connectivity index (χ4n) is 1.88. The zero-order valence-corrected chi connectivity index (χ0v) is 13.6. The summed E-state index contributed by atoms with van der Waals surface area (Å²) in [6, 6.07) is 10.5. The van der Waals surface area contributed by atoms with E-state index in [2.05, 4.69) is 21.2 Å². The second-order valence-corrected chi connectivity index (χ2v) is 5.81. The van der Waals surface area contributed by atoms with Crippen LogP contribution in [0.1, 0.15) is 20.7 Å². The van der Waals surface area contributed by atoms with Crippen molar-refractivity contribution < 1.29 is 14.0 Å². The molecule has 0 bridgehead atoms. The van der Waals surface area contributed by atoms with Gasteiger partial charge in [0.2, 0.25) is 0 Å². The summed E-state index contributed by atoms with van der Waals surface area (Å²) in [5, 5.41) is 2.65. The average molecular weight is 365 g/mol. The molecule has 4 nitrogen and oxygen atoms in total. The van der Waals surface area contributed by atoms with Crippen molar-refractivity contribution in [3.8, 4) is 0 Å². The molecular formula is C16H14BrFN2O2. The fraction of sp³-hybridized carbons (Fsp3) is 0.125. The number of rotatable bonds is 3. The lowest BCUT2D eigenvalue weighted by molar-refractivity contribution is 0.0827. The Morgan fingerprint density at radius 3 is 2.45 bits per heavy atom. The van der Waals surface area contributed by atoms with E-state index in [0.29, 0.717) is 15.7 Å². The van der Waals surface area contributed by atoms with Crippen molar-refractivity contribution in [1.82, 2.24) is 4.90 Å². The van der Waals surface area contributed by atoms with Crippen molar-refractivity contribution in [3.63, 3.8) is 0 Å². The van der Waals surface area contributed by atoms with Crippen molar-refractivity contribution in [2.24, 2.45) is 0 Å². The SMILES string of the molecule is CN(C)C(=O)c1cccc(NC(=O)c2cc(F)cc(Br)c2)c1. The summed E-state index contributed by atoms with van der Waals surface area (Å²) >= 11 is 3.14. The van der Waals surface area contributed by atoms with Crippen LogP contribution in [-0.4, -0.2) is 30.8 Å². The maximum absolute atomic E-state index is 13.3. The molecule has 0 radical (unpaired) electrons. The Bertz CT molecular complexity index is 712. The van der Waals surface area contributed by atoms with E-state index in [9.17, 15) is 14.0 Å². The number of halogens is 2. The quantitative estimate of drug-likeness (QED) is 0.905. The van der Waals surface area contributed by atoms with Crippen LogP contribution in [-0.2, 0) is 0 Å². The van der Waals surface area contributed by atoms with E-state index in [1.165, 1.54) is 17.0 Å². The largest absolute Gasteiger partial charge is 0.345 e. The number of hydrogen-bond acceptors (Lipinski definition) is 2. The van der Waals surface area contributed by atoms with Crippen LogP contribution in [0.15, 0.2) is 46.9 Å². The summed E-state index contributed by atoms with van der Waals surface area (Å²) in [7, 11) is 3.30. The monoisotopic (exact) mass is 364 g/mol. The zero-order chi connectivity index (χ0) is 16.3. The predicted molar refractivity (Wildman–Crippen MR) is 86.5 cm³/mol. The van der Waals surface area contributed by atoms with E-state index < -0.39 is 11.7 Å². The lowest BCUT2D eigenvalue weighted by Crippen LogP contribution is -2.22. The number of carbonyl (C=O) groups excluding carboxylic acids is 2. The molecule has 0 aromatic heterocycles. The first-order valence-corrected chi connectivity index (χ1v) is 7.25. The molecular weight excluding hydrogens is 351 g/mol. The lowest BCUT2D eigenvalue weighted by Gasteiger charge is -2.12. The van der Waals surface area contributed by atoms with Crippen LogP contribution in [0, 0.1) is 5.82 Å². The Morgan fingerprint density at radius 1 is 1.09 bits per heavy atom. The first kappa shape index (κ1) is 16.2. The van der Waals surface area contributed by atoms with Crippen molar-refractivity contribution in [3.05, 3.63) is 63.9 Å². The molecule has 0 saturated heterocycles. The molecule has 0 atom stereocenters. The predicted octanol–water partition coefficient (Wildman–Crippen LogP) is 3.54. The van der Waals surface area contributed by atoms with Gasteiger partial charge in [0.1, 0.15) is 5.82 Å². The molecule has 2 amide bonds. The number of amides is 2. The maximum atomic E-state index is 13.3. The molecule has 0 unspecified atom stereocenters. The summed E-state index contributed by atoms with van der Waals surface area (Å²) in [5.74, 6) is -1.12. The van der Waals surface area contributed by atoms with Gasteiger partial charge in [0.05, 0.1) is 0 Å². The van der Waals surface area contributed by atoms with E-state index in [4.69, 9.17) is 0 Å². The Kier molecular flexibility index (Phi) is 4.92. The molecule has 0 saturated carbocycles. The summed E-state index contributed by atoms with van der Waals surface area (Å²) < 4.78 is 13.8. The van der Waals surface area contributed by atoms with E-state index in [0.717, 1.165) is 6.07 Å². The molecule has 114 valence electrons. The van der Waals surface area contributed by atoms with Crippen LogP contribution in [0.5, 0.6) is 0 Å². The molecule has 22 heavy (non-hydrogen) atoms. The van der Waals surface area contributed by atoms with E-state index in [-0.39, 0.29) is 11.5 Å². The number of nitrogens with one attached hydrogen (secondary N) is 1. The molecule has 0 aliphatic rings. The van der Waals surface area contributed by atoms with Crippen LogP contribution in [0.25, 0.3) is 0 Å². The van der Waals surface area contributed by atoms with E-state index in [1.54, 1.807) is 38.4 Å². The molecule has 2 aromatic rings. The van der Waals surface area contributed by atoms with Gasteiger partial charge in [-0.15, -0.1) is 0 Å². The summed E-state index contributed by atoms with van der Waals surface area (Å²) in [4.78, 5) is 25.5. The first-order chi connectivity index (χ1) is 10.4. The van der Waals surface area contributed by atoms with Crippen LogP contribution < -0.4 is 5.32 Å². The van der Waals surface area contributed by atoms with Crippen LogP contribution in [0.3, 0.4) is 0 Å². The third-order valence-electron chi connectivity index (χ3n) is 2.90. The Labute approximate surface area is 136 Å². The lowest BCUT2D eigenvalue weighted by atomic mass is 10.1. The van der Waals surface area contributed by atoms with Crippen LogP contribution >= 0.6 is 15.9 Å². The van der Waals surface area contributed by atoms with E-state index >= 15 is 0 Å². The number of hydrogen-bond donors (Lipinski definition) is 1. The molecule has 1 N–H and O–H groups in total. The van der Waals surface area contributed by atoms with Gasteiger partial charge in [0.25, 0.3) is 11.8 Å². The summed E-state index contributed by atoms with van der Waals surface area (Å²) in [6.07, 6.45) is 0. The molecule has 0 heterocycles. The third kappa shape index (κ3) is 3.92. The van der Waals surface area contributed by atoms with Crippen molar-refractivity contribution in [1.29, 1.82) is 0 Å². The minimum absolute atomic E-state index is 0.162. The highest BCUT2D eigenvalue weighted by molar-refractivity contribution is 9.10. The standard InChI is InChI=1S/C16H14BrFN2O2/c1-20(2)16(22)10-4-3-5-14(8-10)19-15(21)11-6-12(17)9-13(18)7-11/h3-9H,1-2H3,(H,19,21). The van der Waals surface area contributed by atoms with Gasteiger partial charge in [-0.1, -0.05) is 22.0 Å². The van der Waals surface area contributed by atoms with Crippen LogP contribution in [0.4, 0.5) is 10.1 Å². The zero-order valence-electron chi connectivity index (χ0n) is 12.1. The number of anilines is 1. The van der Waals surface area contributed by atoms with Gasteiger partial charge in [-0.3, -0.25) is 9.59 Å². The second-order valence-electron chi connectivity index (χ2n) is 4.89. The summed E-state index contributed by atoms with van der Waals surface area (Å²) in [5.41, 5.74) is 1.12. The van der Waals surface area contributed by atoms with Gasteiger partial charge in [-0.25, -0.2) is 4.39 Å². The van der Waals surface area contributed by atoms with Gasteiger partial charge < -0.3 is 10.2 Å². The smallest absolute Gasteiger partial charge is 0.255 e. The topological polar surface area (TPSA) is 49.4 Å². The van der Waals surface area contributed by atoms with Crippen molar-refractivity contribution in [2.45, 2.75) is 0 Å². The van der Waals surface area contributed by atoms with Crippen molar-refractivity contribution >= 4 is 33.4 Å². The molecule has 0 aliphatic carbocycles. The van der Waals surface area contributed by atoms with Gasteiger partial charge in [-0.2, -0.15) is 0 Å². The number of nitrogens with zero attached hydrogens (tertiary/aromatic N) is 1. The molecule has 0 spiro atoms. The fourth-order valence-corrected chi connectivity index (χ4v) is 2.34. The normalized spacial score (nSPS) is 10.2. The van der Waals surface area contributed by atoms with Crippen LogP contribution in [0.2, 0.25) is 0 Å². The van der Waals surface area contributed by atoms with Gasteiger partial charge in [0.15, 0.2) is 0 Å². The highest BCUT2D eigenvalue weighted by Gasteiger charge is 2.11. The maximum Gasteiger partial charge on any atom is 0.255 e. The highest BCUT2D eigenvalue weighted by Crippen LogP contribution is 2.17. The van der Waals surface area contributed by atoms with Crippen molar-refractivity contribution in [2.75, 3.05) is 19.4 Å². The molecule has 0 fully saturated rings. The number of carbonyl (C=O) groups is 2. The van der Waals surface area contributed by atoms with Gasteiger partial charge >= 0.3 is 0 Å². The van der Waals surface area contributed by atoms with Gasteiger partial charge in [0, 0.05) is 35.4 Å². The number of benzene rings is 2. The third-order valence-corrected chi connectivity index (χ3v) is 3.36. The minimum atomic E-state index is -0.504. The average Bonchev–Trinajstić information content (AvgIpc) is 2.45. The Balaban J connectivity index is 2.21. The molecule has 2 rings (SSSR count). The minimum Gasteiger partial charge on any atom is -0.345 e. The molecule has 0 aliphatic heterocycles. The molecule has 6 heteroatoms. The second kappa shape index (κ2) is 6.70. The first-order valence-electron chi connectivity index (χ1n) is 6.46. The summed E-state index contributed by atoms with van der Waals surface area (Å²) in [6.45, 7) is 0. The highest BCUT2D eigenvalue weighted by atomic mass is 79.9. The van der Waals surface area contributed by atoms with Gasteiger partial charge in [-0.05, 0) is 36.4 Å².